The molecule has 0 aliphatic carbocycles. The lowest BCUT2D eigenvalue weighted by Crippen LogP contribution is -2.24. The maximum atomic E-state index is 5.11. The molecule has 0 atom stereocenters. The first-order valence-electron chi connectivity index (χ1n) is 19.1. The number of rotatable bonds is 16. The van der Waals surface area contributed by atoms with Gasteiger partial charge >= 0.3 is 0 Å². The average Bonchev–Trinajstić information content (AvgIpc) is 3.57. The summed E-state index contributed by atoms with van der Waals surface area (Å²) in [4.78, 5) is 17.8. The molecular weight excluding hydrogens is 560 g/mol. The van der Waals surface area contributed by atoms with Crippen molar-refractivity contribution < 1.29 is 0 Å². The molecule has 2 heterocycles. The van der Waals surface area contributed by atoms with E-state index >= 15 is 0 Å². The molecule has 2 rings (SSSR count). The molecule has 0 spiro atoms. The topological polar surface area (TPSA) is 57.4 Å². The molecule has 268 valence electrons. The number of imidazole rings is 2. The zero-order chi connectivity index (χ0) is 35.8. The first-order valence-corrected chi connectivity index (χ1v) is 19.1. The van der Waals surface area contributed by atoms with E-state index in [4.69, 9.17) is 9.97 Å². The lowest BCUT2D eigenvalue weighted by molar-refractivity contribution is 0.420. The summed E-state index contributed by atoms with van der Waals surface area (Å²) in [6.45, 7) is 41.5. The monoisotopic (exact) mass is 641 g/mol. The van der Waals surface area contributed by atoms with Crippen molar-refractivity contribution in [3.05, 3.63) is 34.4 Å². The molecule has 0 fully saturated rings. The van der Waals surface area contributed by atoms with Gasteiger partial charge < -0.3 is 9.97 Å². The van der Waals surface area contributed by atoms with Crippen LogP contribution in [0.25, 0.3) is 0 Å². The zero-order valence-electron chi connectivity index (χ0n) is 34.4. The SMILES string of the molecule is CCCCCC(C)(C)c1[nH]c(C(C)(C)CCC)nc1C(C)(C)C.CCCCCC(C)(C)c1[nH]c(C(C)(C)CCC)nc1C(C)(C)C. The van der Waals surface area contributed by atoms with Gasteiger partial charge in [-0.3, -0.25) is 0 Å². The minimum absolute atomic E-state index is 0.0778. The third kappa shape index (κ3) is 11.8. The van der Waals surface area contributed by atoms with E-state index in [1.807, 2.05) is 0 Å². The van der Waals surface area contributed by atoms with Crippen molar-refractivity contribution in [3.63, 3.8) is 0 Å². The molecule has 0 saturated heterocycles. The predicted molar refractivity (Wildman–Crippen MR) is 205 cm³/mol. The van der Waals surface area contributed by atoms with Crippen molar-refractivity contribution in [2.45, 2.75) is 234 Å². The van der Waals surface area contributed by atoms with Gasteiger partial charge in [0.05, 0.1) is 11.4 Å². The molecule has 0 saturated carbocycles. The molecule has 4 heteroatoms. The predicted octanol–water partition coefficient (Wildman–Crippen LogP) is 13.3. The lowest BCUT2D eigenvalue weighted by Gasteiger charge is -2.28. The molecule has 2 N–H and O–H groups in total. The van der Waals surface area contributed by atoms with Gasteiger partial charge in [0.25, 0.3) is 0 Å². The van der Waals surface area contributed by atoms with Gasteiger partial charge in [0, 0.05) is 43.9 Å². The van der Waals surface area contributed by atoms with E-state index in [-0.39, 0.29) is 32.5 Å². The minimum atomic E-state index is 0.0778. The summed E-state index contributed by atoms with van der Waals surface area (Å²) >= 11 is 0. The molecule has 0 aliphatic heterocycles. The second-order valence-corrected chi connectivity index (χ2v) is 19.1. The van der Waals surface area contributed by atoms with E-state index in [0.717, 1.165) is 0 Å². The van der Waals surface area contributed by atoms with Gasteiger partial charge in [0.2, 0.25) is 0 Å². The fourth-order valence-corrected chi connectivity index (χ4v) is 6.82. The number of aromatic amines is 2. The average molecular weight is 641 g/mol. The van der Waals surface area contributed by atoms with Crippen LogP contribution in [0.5, 0.6) is 0 Å². The van der Waals surface area contributed by atoms with Crippen LogP contribution < -0.4 is 0 Å². The first kappa shape index (κ1) is 42.4. The molecule has 0 bridgehead atoms. The van der Waals surface area contributed by atoms with Gasteiger partial charge in [0.1, 0.15) is 11.6 Å². The van der Waals surface area contributed by atoms with Crippen LogP contribution in [0.15, 0.2) is 0 Å². The summed E-state index contributed by atoms with van der Waals surface area (Å²) < 4.78 is 0. The van der Waals surface area contributed by atoms with Gasteiger partial charge in [-0.1, -0.05) is 176 Å². The number of nitrogens with one attached hydrogen (secondary N) is 2. The lowest BCUT2D eigenvalue weighted by atomic mass is 9.78. The normalized spacial score (nSPS) is 13.6. The summed E-state index contributed by atoms with van der Waals surface area (Å²) in [5.41, 5.74) is 5.95. The molecule has 0 aliphatic rings. The molecular formula is C42H80N4. The fraction of sp³-hybridized carbons (Fsp3) is 0.857. The Bertz CT molecular complexity index is 1070. The second-order valence-electron chi connectivity index (χ2n) is 19.1. The quantitative estimate of drug-likeness (QED) is 0.179. The Balaban J connectivity index is 0.000000460. The Morgan fingerprint density at radius 2 is 0.696 bits per heavy atom. The Morgan fingerprint density at radius 3 is 0.935 bits per heavy atom. The molecule has 0 unspecified atom stereocenters. The number of unbranched alkanes of at least 4 members (excludes halogenated alkanes) is 4. The van der Waals surface area contributed by atoms with Crippen molar-refractivity contribution in [1.29, 1.82) is 0 Å². The molecule has 0 radical (unpaired) electrons. The standard InChI is InChI=1S/2C21H40N2/c2*1-10-12-13-15-20(6,7)17-16(19(3,4)5)22-18(23-17)21(8,9)14-11-2/h2*10-15H2,1-9H3,(H,22,23). The molecule has 2 aromatic rings. The van der Waals surface area contributed by atoms with Gasteiger partial charge in [-0.25, -0.2) is 9.97 Å². The summed E-state index contributed by atoms with van der Waals surface area (Å²) in [5, 5.41) is 0. The van der Waals surface area contributed by atoms with E-state index in [1.54, 1.807) is 0 Å². The van der Waals surface area contributed by atoms with Crippen LogP contribution in [0.1, 0.15) is 236 Å². The zero-order valence-corrected chi connectivity index (χ0v) is 34.4. The Hall–Kier alpha value is -1.58. The Labute approximate surface area is 287 Å². The van der Waals surface area contributed by atoms with Gasteiger partial charge in [-0.05, 0) is 25.7 Å². The highest BCUT2D eigenvalue weighted by atomic mass is 15.0. The fourth-order valence-electron chi connectivity index (χ4n) is 6.82. The van der Waals surface area contributed by atoms with Crippen molar-refractivity contribution in [2.75, 3.05) is 0 Å². The largest absolute Gasteiger partial charge is 0.345 e. The van der Waals surface area contributed by atoms with Gasteiger partial charge in [0.15, 0.2) is 0 Å². The highest BCUT2D eigenvalue weighted by molar-refractivity contribution is 5.31. The molecule has 46 heavy (non-hydrogen) atoms. The van der Waals surface area contributed by atoms with E-state index < -0.39 is 0 Å². The maximum Gasteiger partial charge on any atom is 0.112 e. The van der Waals surface area contributed by atoms with Crippen LogP contribution in [0.4, 0.5) is 0 Å². The number of hydrogen-bond donors (Lipinski definition) is 2. The number of nitrogens with zero attached hydrogens (tertiary/aromatic N) is 2. The van der Waals surface area contributed by atoms with Crippen LogP contribution >= 0.6 is 0 Å². The maximum absolute atomic E-state index is 5.11. The second kappa shape index (κ2) is 16.7. The summed E-state index contributed by atoms with van der Waals surface area (Å²) in [7, 11) is 0. The smallest absolute Gasteiger partial charge is 0.112 e. The number of H-pyrrole nitrogens is 2. The molecule has 2 aromatic heterocycles. The van der Waals surface area contributed by atoms with Crippen molar-refractivity contribution >= 4 is 0 Å². The van der Waals surface area contributed by atoms with E-state index in [1.165, 1.54) is 111 Å². The van der Waals surface area contributed by atoms with Gasteiger partial charge in [-0.15, -0.1) is 0 Å². The first-order chi connectivity index (χ1) is 20.9. The van der Waals surface area contributed by atoms with Crippen LogP contribution in [0.2, 0.25) is 0 Å². The Morgan fingerprint density at radius 1 is 0.391 bits per heavy atom. The number of hydrogen-bond acceptors (Lipinski definition) is 2. The van der Waals surface area contributed by atoms with Crippen LogP contribution in [0.3, 0.4) is 0 Å². The molecule has 0 aromatic carbocycles. The highest BCUT2D eigenvalue weighted by Gasteiger charge is 2.36. The van der Waals surface area contributed by atoms with Crippen LogP contribution in [-0.4, -0.2) is 19.9 Å². The van der Waals surface area contributed by atoms with Crippen LogP contribution in [0, 0.1) is 0 Å². The minimum Gasteiger partial charge on any atom is -0.345 e. The molecule has 0 amide bonds. The van der Waals surface area contributed by atoms with Crippen molar-refractivity contribution in [3.8, 4) is 0 Å². The van der Waals surface area contributed by atoms with Crippen LogP contribution in [-0.2, 0) is 32.5 Å². The van der Waals surface area contributed by atoms with Crippen molar-refractivity contribution in [2.24, 2.45) is 0 Å². The third-order valence-corrected chi connectivity index (χ3v) is 10.0. The summed E-state index contributed by atoms with van der Waals surface area (Å²) in [5.74, 6) is 2.34. The summed E-state index contributed by atoms with van der Waals surface area (Å²) in [6, 6.07) is 0. The van der Waals surface area contributed by atoms with Gasteiger partial charge in [-0.2, -0.15) is 0 Å². The van der Waals surface area contributed by atoms with E-state index in [2.05, 4.69) is 135 Å². The third-order valence-electron chi connectivity index (χ3n) is 10.0. The number of aromatic nitrogens is 4. The highest BCUT2D eigenvalue weighted by Crippen LogP contribution is 2.40. The van der Waals surface area contributed by atoms with E-state index in [9.17, 15) is 0 Å². The Kier molecular flexibility index (Phi) is 15.4. The summed E-state index contributed by atoms with van der Waals surface area (Å²) in [6.07, 6.45) is 14.9. The van der Waals surface area contributed by atoms with Crippen molar-refractivity contribution in [1.82, 2.24) is 19.9 Å². The molecule has 4 nitrogen and oxygen atoms in total. The van der Waals surface area contributed by atoms with E-state index in [0.29, 0.717) is 0 Å².